The number of hydrogen-bond donors (Lipinski definition) is 1. The van der Waals surface area contributed by atoms with Crippen molar-refractivity contribution in [2.24, 2.45) is 0 Å². The molecule has 1 aromatic rings. The number of nitrogens with zero attached hydrogens (tertiary/aromatic N) is 2. The second-order valence-corrected chi connectivity index (χ2v) is 4.41. The first-order chi connectivity index (χ1) is 8.13. The number of likely N-dealkylation sites (tertiary alicyclic amines) is 1. The summed E-state index contributed by atoms with van der Waals surface area (Å²) in [5.41, 5.74) is 2.45. The minimum atomic E-state index is -0.818. The molecule has 1 aromatic carbocycles. The van der Waals surface area contributed by atoms with Gasteiger partial charge in [0.05, 0.1) is 6.04 Å². The molecule has 1 saturated heterocycles. The summed E-state index contributed by atoms with van der Waals surface area (Å²) in [6, 6.07) is 8.56. The standard InChI is InChI=1S/C13H18N2O2/c1-3-15(11-8-14(9-11)13(16)17)12-7-5-4-6-10(12)2/h4-7,11H,3,8-9H2,1-2H3,(H,16,17). The van der Waals surface area contributed by atoms with Crippen LogP contribution >= 0.6 is 0 Å². The zero-order valence-corrected chi connectivity index (χ0v) is 10.3. The summed E-state index contributed by atoms with van der Waals surface area (Å²) >= 11 is 0. The van der Waals surface area contributed by atoms with Gasteiger partial charge in [0.2, 0.25) is 0 Å². The molecule has 17 heavy (non-hydrogen) atoms. The number of carbonyl (C=O) groups is 1. The number of amides is 1. The van der Waals surface area contributed by atoms with Crippen LogP contribution in [0.3, 0.4) is 0 Å². The van der Waals surface area contributed by atoms with Crippen LogP contribution < -0.4 is 4.90 Å². The van der Waals surface area contributed by atoms with Crippen molar-refractivity contribution in [1.82, 2.24) is 4.90 Å². The smallest absolute Gasteiger partial charge is 0.407 e. The Morgan fingerprint density at radius 1 is 1.47 bits per heavy atom. The van der Waals surface area contributed by atoms with Gasteiger partial charge in [0, 0.05) is 25.3 Å². The summed E-state index contributed by atoms with van der Waals surface area (Å²) < 4.78 is 0. The fraction of sp³-hybridized carbons (Fsp3) is 0.462. The predicted octanol–water partition coefficient (Wildman–Crippen LogP) is 2.18. The largest absolute Gasteiger partial charge is 0.465 e. The van der Waals surface area contributed by atoms with Crippen molar-refractivity contribution in [1.29, 1.82) is 0 Å². The molecule has 4 heteroatoms. The molecule has 1 N–H and O–H groups in total. The summed E-state index contributed by atoms with van der Waals surface area (Å²) in [7, 11) is 0. The van der Waals surface area contributed by atoms with Gasteiger partial charge in [0.15, 0.2) is 0 Å². The van der Waals surface area contributed by atoms with Crippen LogP contribution in [0, 0.1) is 6.92 Å². The van der Waals surface area contributed by atoms with Crippen LogP contribution in [-0.4, -0.2) is 41.8 Å². The summed E-state index contributed by atoms with van der Waals surface area (Å²) in [5.74, 6) is 0. The van der Waals surface area contributed by atoms with Gasteiger partial charge in [-0.2, -0.15) is 0 Å². The number of anilines is 1. The molecular weight excluding hydrogens is 216 g/mol. The van der Waals surface area contributed by atoms with Gasteiger partial charge in [-0.1, -0.05) is 18.2 Å². The predicted molar refractivity (Wildman–Crippen MR) is 67.6 cm³/mol. The van der Waals surface area contributed by atoms with E-state index in [0.717, 1.165) is 6.54 Å². The highest BCUT2D eigenvalue weighted by atomic mass is 16.4. The highest BCUT2D eigenvalue weighted by Gasteiger charge is 2.34. The molecule has 0 atom stereocenters. The second kappa shape index (κ2) is 4.65. The van der Waals surface area contributed by atoms with Crippen LogP contribution in [0.25, 0.3) is 0 Å². The minimum absolute atomic E-state index is 0.317. The molecule has 0 radical (unpaired) electrons. The first kappa shape index (κ1) is 11.8. The molecule has 1 amide bonds. The average molecular weight is 234 g/mol. The lowest BCUT2D eigenvalue weighted by atomic mass is 10.1. The van der Waals surface area contributed by atoms with Gasteiger partial charge in [0.1, 0.15) is 0 Å². The van der Waals surface area contributed by atoms with Crippen LogP contribution in [0.5, 0.6) is 0 Å². The zero-order chi connectivity index (χ0) is 12.4. The number of hydrogen-bond acceptors (Lipinski definition) is 2. The lowest BCUT2D eigenvalue weighted by molar-refractivity contribution is 0.104. The maximum atomic E-state index is 10.7. The van der Waals surface area contributed by atoms with Gasteiger partial charge in [0.25, 0.3) is 0 Å². The van der Waals surface area contributed by atoms with E-state index in [1.807, 2.05) is 12.1 Å². The Balaban J connectivity index is 2.09. The average Bonchev–Trinajstić information content (AvgIpc) is 2.23. The molecule has 0 bridgehead atoms. The van der Waals surface area contributed by atoms with E-state index in [4.69, 9.17) is 5.11 Å². The molecule has 1 fully saturated rings. The number of benzene rings is 1. The van der Waals surface area contributed by atoms with Crippen molar-refractivity contribution in [2.75, 3.05) is 24.5 Å². The molecule has 2 rings (SSSR count). The van der Waals surface area contributed by atoms with Gasteiger partial charge in [-0.15, -0.1) is 0 Å². The van der Waals surface area contributed by atoms with Crippen LogP contribution in [-0.2, 0) is 0 Å². The summed E-state index contributed by atoms with van der Waals surface area (Å²) in [4.78, 5) is 14.5. The number of rotatable bonds is 3. The molecule has 4 nitrogen and oxygen atoms in total. The van der Waals surface area contributed by atoms with E-state index in [-0.39, 0.29) is 0 Å². The normalized spacial score (nSPS) is 15.5. The molecule has 0 saturated carbocycles. The number of likely N-dealkylation sites (N-methyl/N-ethyl adjacent to an activating group) is 1. The van der Waals surface area contributed by atoms with E-state index in [0.29, 0.717) is 19.1 Å². The molecule has 0 aromatic heterocycles. The first-order valence-electron chi connectivity index (χ1n) is 5.93. The Morgan fingerprint density at radius 3 is 2.65 bits per heavy atom. The maximum Gasteiger partial charge on any atom is 0.407 e. The van der Waals surface area contributed by atoms with Crippen LogP contribution in [0.2, 0.25) is 0 Å². The van der Waals surface area contributed by atoms with Crippen LogP contribution in [0.1, 0.15) is 12.5 Å². The van der Waals surface area contributed by atoms with Gasteiger partial charge >= 0.3 is 6.09 Å². The SMILES string of the molecule is CCN(c1ccccc1C)C1CN(C(=O)O)C1. The molecule has 0 aliphatic carbocycles. The Morgan fingerprint density at radius 2 is 2.12 bits per heavy atom. The van der Waals surface area contributed by atoms with Crippen LogP contribution in [0.4, 0.5) is 10.5 Å². The van der Waals surface area contributed by atoms with Crippen molar-refractivity contribution < 1.29 is 9.90 Å². The van der Waals surface area contributed by atoms with E-state index in [1.165, 1.54) is 16.2 Å². The molecular formula is C13H18N2O2. The van der Waals surface area contributed by atoms with Gasteiger partial charge in [-0.3, -0.25) is 0 Å². The van der Waals surface area contributed by atoms with Crippen molar-refractivity contribution >= 4 is 11.8 Å². The lowest BCUT2D eigenvalue weighted by Gasteiger charge is -2.45. The summed E-state index contributed by atoms with van der Waals surface area (Å²) in [6.07, 6.45) is -0.818. The molecule has 1 heterocycles. The third-order valence-electron chi connectivity index (χ3n) is 3.34. The fourth-order valence-corrected chi connectivity index (χ4v) is 2.32. The lowest BCUT2D eigenvalue weighted by Crippen LogP contribution is -2.61. The molecule has 92 valence electrons. The second-order valence-electron chi connectivity index (χ2n) is 4.41. The highest BCUT2D eigenvalue weighted by Crippen LogP contribution is 2.25. The van der Waals surface area contributed by atoms with E-state index in [2.05, 4.69) is 30.9 Å². The van der Waals surface area contributed by atoms with E-state index in [9.17, 15) is 4.79 Å². The zero-order valence-electron chi connectivity index (χ0n) is 10.3. The molecule has 0 unspecified atom stereocenters. The van der Waals surface area contributed by atoms with E-state index < -0.39 is 6.09 Å². The van der Waals surface area contributed by atoms with Crippen molar-refractivity contribution in [3.63, 3.8) is 0 Å². The first-order valence-corrected chi connectivity index (χ1v) is 5.93. The quantitative estimate of drug-likeness (QED) is 0.871. The van der Waals surface area contributed by atoms with Crippen molar-refractivity contribution in [2.45, 2.75) is 19.9 Å². The summed E-state index contributed by atoms with van der Waals surface area (Å²) in [5, 5.41) is 8.84. The Hall–Kier alpha value is -1.71. The topological polar surface area (TPSA) is 43.8 Å². The number of aryl methyl sites for hydroxylation is 1. The van der Waals surface area contributed by atoms with Crippen LogP contribution in [0.15, 0.2) is 24.3 Å². The molecule has 1 aliphatic rings. The van der Waals surface area contributed by atoms with Crippen molar-refractivity contribution in [3.05, 3.63) is 29.8 Å². The highest BCUT2D eigenvalue weighted by molar-refractivity contribution is 5.67. The van der Waals surface area contributed by atoms with E-state index in [1.54, 1.807) is 0 Å². The monoisotopic (exact) mass is 234 g/mol. The van der Waals surface area contributed by atoms with E-state index >= 15 is 0 Å². The van der Waals surface area contributed by atoms with Crippen molar-refractivity contribution in [3.8, 4) is 0 Å². The third kappa shape index (κ3) is 2.20. The van der Waals surface area contributed by atoms with Gasteiger partial charge < -0.3 is 14.9 Å². The maximum absolute atomic E-state index is 10.7. The number of carboxylic acid groups (broad SMARTS) is 1. The summed E-state index contributed by atoms with van der Waals surface area (Å²) in [6.45, 7) is 6.32. The van der Waals surface area contributed by atoms with Gasteiger partial charge in [-0.25, -0.2) is 4.79 Å². The third-order valence-corrected chi connectivity index (χ3v) is 3.34. The Kier molecular flexibility index (Phi) is 3.22. The minimum Gasteiger partial charge on any atom is -0.465 e. The number of para-hydroxylation sites is 1. The Labute approximate surface area is 101 Å². The fourth-order valence-electron chi connectivity index (χ4n) is 2.32. The molecule has 0 spiro atoms. The van der Waals surface area contributed by atoms with Gasteiger partial charge in [-0.05, 0) is 25.5 Å². The Bertz CT molecular complexity index is 414. The molecule has 1 aliphatic heterocycles.